The standard InChI is InChI=1S/C18H19ClN2/c1-13-8-9-16-17(12-13)21(18(20-16)10-11-19)14(2)15-6-4-3-5-7-15/h3-9,12,14H,10-11H2,1-2H3. The van der Waals surface area contributed by atoms with E-state index in [9.17, 15) is 0 Å². The van der Waals surface area contributed by atoms with Crippen molar-refractivity contribution in [2.24, 2.45) is 0 Å². The third-order valence-corrected chi connectivity index (χ3v) is 4.09. The van der Waals surface area contributed by atoms with E-state index in [1.807, 2.05) is 6.07 Å². The summed E-state index contributed by atoms with van der Waals surface area (Å²) in [5.41, 5.74) is 4.77. The van der Waals surface area contributed by atoms with Crippen LogP contribution in [0.4, 0.5) is 0 Å². The Hall–Kier alpha value is -1.80. The molecule has 1 atom stereocenters. The molecule has 0 radical (unpaired) electrons. The van der Waals surface area contributed by atoms with Gasteiger partial charge in [-0.1, -0.05) is 36.4 Å². The first-order chi connectivity index (χ1) is 10.2. The van der Waals surface area contributed by atoms with Crippen LogP contribution in [0.15, 0.2) is 48.5 Å². The number of benzene rings is 2. The van der Waals surface area contributed by atoms with Crippen molar-refractivity contribution in [3.05, 3.63) is 65.5 Å². The molecule has 3 rings (SSSR count). The van der Waals surface area contributed by atoms with Gasteiger partial charge >= 0.3 is 0 Å². The maximum Gasteiger partial charge on any atom is 0.111 e. The summed E-state index contributed by atoms with van der Waals surface area (Å²) in [6.45, 7) is 4.34. The molecule has 3 aromatic rings. The summed E-state index contributed by atoms with van der Waals surface area (Å²) in [6.07, 6.45) is 0.784. The zero-order chi connectivity index (χ0) is 14.8. The van der Waals surface area contributed by atoms with Crippen molar-refractivity contribution in [3.8, 4) is 0 Å². The minimum atomic E-state index is 0.246. The molecule has 0 amide bonds. The minimum absolute atomic E-state index is 0.246. The summed E-state index contributed by atoms with van der Waals surface area (Å²) < 4.78 is 2.32. The monoisotopic (exact) mass is 298 g/mol. The van der Waals surface area contributed by atoms with Gasteiger partial charge in [-0.15, -0.1) is 11.6 Å². The summed E-state index contributed by atoms with van der Waals surface area (Å²) in [5, 5.41) is 0. The second-order valence-electron chi connectivity index (χ2n) is 5.42. The van der Waals surface area contributed by atoms with Crippen LogP contribution in [0.3, 0.4) is 0 Å². The zero-order valence-corrected chi connectivity index (χ0v) is 13.1. The Balaban J connectivity index is 2.18. The van der Waals surface area contributed by atoms with Crippen LogP contribution in [0, 0.1) is 6.92 Å². The molecule has 21 heavy (non-hydrogen) atoms. The number of fused-ring (bicyclic) bond motifs is 1. The van der Waals surface area contributed by atoms with Crippen molar-refractivity contribution in [2.45, 2.75) is 26.3 Å². The number of hydrogen-bond acceptors (Lipinski definition) is 1. The second-order valence-corrected chi connectivity index (χ2v) is 5.79. The number of hydrogen-bond donors (Lipinski definition) is 0. The highest BCUT2D eigenvalue weighted by atomic mass is 35.5. The molecule has 0 bridgehead atoms. The Morgan fingerprint density at radius 3 is 2.62 bits per heavy atom. The van der Waals surface area contributed by atoms with Crippen LogP contribution in [-0.2, 0) is 6.42 Å². The topological polar surface area (TPSA) is 17.8 Å². The number of aromatic nitrogens is 2. The summed E-state index contributed by atoms with van der Waals surface area (Å²) >= 11 is 5.96. The molecule has 108 valence electrons. The van der Waals surface area contributed by atoms with Crippen LogP contribution in [0.25, 0.3) is 11.0 Å². The van der Waals surface area contributed by atoms with Gasteiger partial charge in [-0.25, -0.2) is 4.98 Å². The third-order valence-electron chi connectivity index (χ3n) is 3.91. The van der Waals surface area contributed by atoms with Gasteiger partial charge < -0.3 is 4.57 Å². The molecule has 3 heteroatoms. The number of halogens is 1. The van der Waals surface area contributed by atoms with E-state index in [4.69, 9.17) is 16.6 Å². The number of rotatable bonds is 4. The van der Waals surface area contributed by atoms with Gasteiger partial charge in [-0.05, 0) is 37.1 Å². The molecule has 0 aliphatic carbocycles. The second kappa shape index (κ2) is 5.90. The van der Waals surface area contributed by atoms with Crippen LogP contribution in [-0.4, -0.2) is 15.4 Å². The third kappa shape index (κ3) is 2.68. The number of aryl methyl sites for hydroxylation is 2. The van der Waals surface area contributed by atoms with Gasteiger partial charge in [0, 0.05) is 12.3 Å². The van der Waals surface area contributed by atoms with E-state index in [-0.39, 0.29) is 6.04 Å². The molecule has 2 aromatic carbocycles. The molecule has 2 nitrogen and oxygen atoms in total. The highest BCUT2D eigenvalue weighted by Gasteiger charge is 2.16. The van der Waals surface area contributed by atoms with E-state index >= 15 is 0 Å². The van der Waals surface area contributed by atoms with Crippen molar-refractivity contribution in [3.63, 3.8) is 0 Å². The quantitative estimate of drug-likeness (QED) is 0.636. The SMILES string of the molecule is Cc1ccc2nc(CCCl)n(C(C)c3ccccc3)c2c1. The Morgan fingerprint density at radius 1 is 1.14 bits per heavy atom. The highest BCUT2D eigenvalue weighted by molar-refractivity contribution is 6.17. The van der Waals surface area contributed by atoms with Crippen LogP contribution >= 0.6 is 11.6 Å². The van der Waals surface area contributed by atoms with Crippen molar-refractivity contribution in [1.29, 1.82) is 0 Å². The Kier molecular flexibility index (Phi) is 3.98. The lowest BCUT2D eigenvalue weighted by molar-refractivity contribution is 0.623. The van der Waals surface area contributed by atoms with Gasteiger partial charge in [-0.2, -0.15) is 0 Å². The Bertz CT molecular complexity index is 747. The van der Waals surface area contributed by atoms with Crippen molar-refractivity contribution in [2.75, 3.05) is 5.88 Å². The molecule has 0 N–H and O–H groups in total. The first-order valence-corrected chi connectivity index (χ1v) is 7.82. The number of alkyl halides is 1. The van der Waals surface area contributed by atoms with Gasteiger partial charge in [0.05, 0.1) is 17.1 Å². The average molecular weight is 299 g/mol. The summed E-state index contributed by atoms with van der Waals surface area (Å²) in [7, 11) is 0. The smallest absolute Gasteiger partial charge is 0.111 e. The van der Waals surface area contributed by atoms with Gasteiger partial charge in [-0.3, -0.25) is 0 Å². The van der Waals surface area contributed by atoms with Gasteiger partial charge in [0.2, 0.25) is 0 Å². The lowest BCUT2D eigenvalue weighted by Gasteiger charge is -2.18. The molecule has 0 saturated heterocycles. The molecule has 0 aliphatic rings. The summed E-state index contributed by atoms with van der Waals surface area (Å²) in [5.74, 6) is 1.64. The van der Waals surface area contributed by atoms with Crippen LogP contribution in [0.1, 0.15) is 29.9 Å². The van der Waals surface area contributed by atoms with Crippen LogP contribution in [0.2, 0.25) is 0 Å². The van der Waals surface area contributed by atoms with Crippen molar-refractivity contribution < 1.29 is 0 Å². The lowest BCUT2D eigenvalue weighted by Crippen LogP contribution is -2.11. The Labute approximate surface area is 130 Å². The predicted molar refractivity (Wildman–Crippen MR) is 89.1 cm³/mol. The lowest BCUT2D eigenvalue weighted by atomic mass is 10.1. The molecule has 0 fully saturated rings. The predicted octanol–water partition coefficient (Wildman–Crippen LogP) is 4.74. The minimum Gasteiger partial charge on any atom is -0.321 e. The van der Waals surface area contributed by atoms with Gasteiger partial charge in [0.15, 0.2) is 0 Å². The fourth-order valence-electron chi connectivity index (χ4n) is 2.83. The maximum absolute atomic E-state index is 5.96. The first-order valence-electron chi connectivity index (χ1n) is 7.29. The van der Waals surface area contributed by atoms with E-state index in [0.717, 1.165) is 17.8 Å². The fraction of sp³-hybridized carbons (Fsp3) is 0.278. The zero-order valence-electron chi connectivity index (χ0n) is 12.4. The molecule has 1 aromatic heterocycles. The molecule has 0 aliphatic heterocycles. The molecule has 1 heterocycles. The number of nitrogens with zero attached hydrogens (tertiary/aromatic N) is 2. The largest absolute Gasteiger partial charge is 0.321 e. The van der Waals surface area contributed by atoms with Gasteiger partial charge in [0.25, 0.3) is 0 Å². The van der Waals surface area contributed by atoms with Gasteiger partial charge in [0.1, 0.15) is 5.82 Å². The average Bonchev–Trinajstić information content (AvgIpc) is 2.85. The van der Waals surface area contributed by atoms with Crippen LogP contribution < -0.4 is 0 Å². The summed E-state index contributed by atoms with van der Waals surface area (Å²) in [6, 6.07) is 17.2. The van der Waals surface area contributed by atoms with E-state index in [0.29, 0.717) is 5.88 Å². The fourth-order valence-corrected chi connectivity index (χ4v) is 3.00. The van der Waals surface area contributed by atoms with Crippen molar-refractivity contribution >= 4 is 22.6 Å². The van der Waals surface area contributed by atoms with Crippen LogP contribution in [0.5, 0.6) is 0 Å². The molecule has 0 saturated carbocycles. The maximum atomic E-state index is 5.96. The Morgan fingerprint density at radius 2 is 1.90 bits per heavy atom. The molecular formula is C18H19ClN2. The van der Waals surface area contributed by atoms with E-state index in [1.54, 1.807) is 0 Å². The molecule has 1 unspecified atom stereocenters. The highest BCUT2D eigenvalue weighted by Crippen LogP contribution is 2.27. The molecular weight excluding hydrogens is 280 g/mol. The van der Waals surface area contributed by atoms with E-state index in [1.165, 1.54) is 16.6 Å². The summed E-state index contributed by atoms with van der Waals surface area (Å²) in [4.78, 5) is 4.77. The normalized spacial score (nSPS) is 12.7. The molecule has 0 spiro atoms. The van der Waals surface area contributed by atoms with Crippen molar-refractivity contribution in [1.82, 2.24) is 9.55 Å². The first kappa shape index (κ1) is 14.2. The number of imidazole rings is 1. The van der Waals surface area contributed by atoms with E-state index < -0.39 is 0 Å². The van der Waals surface area contributed by atoms with E-state index in [2.05, 4.69) is 60.9 Å².